The largest absolute Gasteiger partial charge is 0.416 e. The van der Waals surface area contributed by atoms with Crippen molar-refractivity contribution in [3.05, 3.63) is 35.4 Å². The summed E-state index contributed by atoms with van der Waals surface area (Å²) in [5.74, 6) is -0.0349. The van der Waals surface area contributed by atoms with E-state index in [0.717, 1.165) is 12.5 Å². The Labute approximate surface area is 106 Å². The van der Waals surface area contributed by atoms with Crippen LogP contribution in [-0.2, 0) is 6.18 Å². The lowest BCUT2D eigenvalue weighted by atomic mass is 9.81. The molecule has 1 rings (SSSR count). The maximum absolute atomic E-state index is 12.6. The maximum Gasteiger partial charge on any atom is 0.416 e. The summed E-state index contributed by atoms with van der Waals surface area (Å²) in [6.45, 7) is 6.54. The predicted molar refractivity (Wildman–Crippen MR) is 67.3 cm³/mol. The first-order valence-corrected chi connectivity index (χ1v) is 6.01. The van der Waals surface area contributed by atoms with Crippen molar-refractivity contribution in [2.45, 2.75) is 39.3 Å². The van der Waals surface area contributed by atoms with Crippen molar-refractivity contribution in [1.82, 2.24) is 0 Å². The van der Waals surface area contributed by atoms with Crippen LogP contribution in [0.1, 0.15) is 44.2 Å². The zero-order valence-corrected chi connectivity index (χ0v) is 11.0. The Kier molecular flexibility index (Phi) is 4.43. The van der Waals surface area contributed by atoms with Gasteiger partial charge in [0.2, 0.25) is 0 Å². The lowest BCUT2D eigenvalue weighted by Gasteiger charge is -2.25. The first-order chi connectivity index (χ1) is 8.13. The average Bonchev–Trinajstić information content (AvgIpc) is 2.23. The molecule has 0 fully saturated rings. The lowest BCUT2D eigenvalue weighted by Crippen LogP contribution is -2.20. The standard InChI is InChI=1S/C14H20F3N/c1-13(2,3)8-11(9-18)10-5-4-6-12(7-10)14(15,16)17/h4-7,11H,8-9,18H2,1-3H3. The van der Waals surface area contributed by atoms with Crippen LogP contribution in [0.25, 0.3) is 0 Å². The first kappa shape index (κ1) is 15.0. The summed E-state index contributed by atoms with van der Waals surface area (Å²) in [6.07, 6.45) is -3.53. The highest BCUT2D eigenvalue weighted by atomic mass is 19.4. The highest BCUT2D eigenvalue weighted by Crippen LogP contribution is 2.34. The number of halogens is 3. The van der Waals surface area contributed by atoms with Gasteiger partial charge in [0.15, 0.2) is 0 Å². The third kappa shape index (κ3) is 4.33. The fraction of sp³-hybridized carbons (Fsp3) is 0.571. The Bertz CT molecular complexity index is 391. The minimum absolute atomic E-state index is 0.0349. The molecule has 0 aromatic heterocycles. The van der Waals surface area contributed by atoms with Crippen molar-refractivity contribution in [3.8, 4) is 0 Å². The number of alkyl halides is 3. The molecule has 0 aliphatic heterocycles. The second kappa shape index (κ2) is 5.31. The number of hydrogen-bond acceptors (Lipinski definition) is 1. The van der Waals surface area contributed by atoms with Crippen LogP contribution in [0.2, 0.25) is 0 Å². The lowest BCUT2D eigenvalue weighted by molar-refractivity contribution is -0.137. The molecule has 0 spiro atoms. The van der Waals surface area contributed by atoms with Gasteiger partial charge < -0.3 is 5.73 Å². The van der Waals surface area contributed by atoms with Crippen LogP contribution in [0.5, 0.6) is 0 Å². The molecule has 1 atom stereocenters. The maximum atomic E-state index is 12.6. The van der Waals surface area contributed by atoms with Crippen LogP contribution < -0.4 is 5.73 Å². The summed E-state index contributed by atoms with van der Waals surface area (Å²) in [7, 11) is 0. The predicted octanol–water partition coefficient (Wildman–Crippen LogP) is 4.18. The zero-order chi connectivity index (χ0) is 14.0. The van der Waals surface area contributed by atoms with Crippen LogP contribution in [0, 0.1) is 5.41 Å². The number of hydrogen-bond donors (Lipinski definition) is 1. The number of benzene rings is 1. The summed E-state index contributed by atoms with van der Waals surface area (Å²) in [4.78, 5) is 0. The Morgan fingerprint density at radius 3 is 2.22 bits per heavy atom. The molecule has 18 heavy (non-hydrogen) atoms. The van der Waals surface area contributed by atoms with Crippen molar-refractivity contribution in [2.24, 2.45) is 11.1 Å². The highest BCUT2D eigenvalue weighted by Gasteiger charge is 2.31. The topological polar surface area (TPSA) is 26.0 Å². The second-order valence-electron chi connectivity index (χ2n) is 5.82. The van der Waals surface area contributed by atoms with Gasteiger partial charge in [-0.3, -0.25) is 0 Å². The van der Waals surface area contributed by atoms with E-state index in [1.165, 1.54) is 12.1 Å². The van der Waals surface area contributed by atoms with Crippen molar-refractivity contribution in [3.63, 3.8) is 0 Å². The van der Waals surface area contributed by atoms with Crippen LogP contribution in [0.15, 0.2) is 24.3 Å². The minimum atomic E-state index is -4.29. The van der Waals surface area contributed by atoms with Crippen LogP contribution in [0.4, 0.5) is 13.2 Å². The van der Waals surface area contributed by atoms with E-state index >= 15 is 0 Å². The van der Waals surface area contributed by atoms with E-state index in [1.54, 1.807) is 6.07 Å². The Morgan fingerprint density at radius 2 is 1.78 bits per heavy atom. The van der Waals surface area contributed by atoms with Gasteiger partial charge in [0.1, 0.15) is 0 Å². The van der Waals surface area contributed by atoms with Crippen molar-refractivity contribution < 1.29 is 13.2 Å². The molecule has 1 unspecified atom stereocenters. The van der Waals surface area contributed by atoms with Crippen LogP contribution in [-0.4, -0.2) is 6.54 Å². The first-order valence-electron chi connectivity index (χ1n) is 6.01. The van der Waals surface area contributed by atoms with E-state index in [1.807, 2.05) is 0 Å². The monoisotopic (exact) mass is 259 g/mol. The van der Waals surface area contributed by atoms with Gasteiger partial charge in [-0.05, 0) is 35.9 Å². The fourth-order valence-corrected chi connectivity index (χ4v) is 2.05. The smallest absolute Gasteiger partial charge is 0.330 e. The van der Waals surface area contributed by atoms with Gasteiger partial charge in [0, 0.05) is 0 Å². The number of rotatable bonds is 3. The molecule has 0 amide bonds. The minimum Gasteiger partial charge on any atom is -0.330 e. The van der Waals surface area contributed by atoms with E-state index in [4.69, 9.17) is 5.73 Å². The zero-order valence-electron chi connectivity index (χ0n) is 11.0. The molecule has 102 valence electrons. The molecule has 0 saturated carbocycles. The molecule has 1 aromatic carbocycles. The van der Waals surface area contributed by atoms with Gasteiger partial charge >= 0.3 is 6.18 Å². The normalized spacial score (nSPS) is 14.6. The Balaban J connectivity index is 3.00. The summed E-state index contributed by atoms with van der Waals surface area (Å²) in [5.41, 5.74) is 5.79. The molecule has 0 aliphatic carbocycles. The Hall–Kier alpha value is -1.03. The summed E-state index contributed by atoms with van der Waals surface area (Å²) >= 11 is 0. The molecule has 2 N–H and O–H groups in total. The molecule has 0 heterocycles. The van der Waals surface area contributed by atoms with Gasteiger partial charge in [0.05, 0.1) is 5.56 Å². The van der Waals surface area contributed by atoms with Gasteiger partial charge in [0.25, 0.3) is 0 Å². The molecule has 0 bridgehead atoms. The van der Waals surface area contributed by atoms with Crippen molar-refractivity contribution >= 4 is 0 Å². The van der Waals surface area contributed by atoms with E-state index in [2.05, 4.69) is 20.8 Å². The summed E-state index contributed by atoms with van der Waals surface area (Å²) in [5, 5.41) is 0. The third-order valence-electron chi connectivity index (χ3n) is 2.83. The summed E-state index contributed by atoms with van der Waals surface area (Å²) in [6, 6.07) is 5.47. The molecule has 0 aliphatic rings. The fourth-order valence-electron chi connectivity index (χ4n) is 2.05. The van der Waals surface area contributed by atoms with Crippen LogP contribution in [0.3, 0.4) is 0 Å². The summed E-state index contributed by atoms with van der Waals surface area (Å²) < 4.78 is 37.9. The van der Waals surface area contributed by atoms with E-state index in [0.29, 0.717) is 12.1 Å². The SMILES string of the molecule is CC(C)(C)CC(CN)c1cccc(C(F)(F)F)c1. The van der Waals surface area contributed by atoms with Gasteiger partial charge in [-0.15, -0.1) is 0 Å². The van der Waals surface area contributed by atoms with Crippen molar-refractivity contribution in [2.75, 3.05) is 6.54 Å². The molecule has 4 heteroatoms. The molecular weight excluding hydrogens is 239 g/mol. The average molecular weight is 259 g/mol. The van der Waals surface area contributed by atoms with Gasteiger partial charge in [-0.1, -0.05) is 39.0 Å². The molecule has 1 aromatic rings. The number of nitrogens with two attached hydrogens (primary N) is 1. The molecule has 0 radical (unpaired) electrons. The van der Waals surface area contributed by atoms with Crippen molar-refractivity contribution in [1.29, 1.82) is 0 Å². The quantitative estimate of drug-likeness (QED) is 0.865. The molecule has 0 saturated heterocycles. The van der Waals surface area contributed by atoms with E-state index in [9.17, 15) is 13.2 Å². The third-order valence-corrected chi connectivity index (χ3v) is 2.83. The highest BCUT2D eigenvalue weighted by molar-refractivity contribution is 5.28. The molecular formula is C14H20F3N. The van der Waals surface area contributed by atoms with E-state index < -0.39 is 11.7 Å². The Morgan fingerprint density at radius 1 is 1.17 bits per heavy atom. The molecule has 1 nitrogen and oxygen atoms in total. The van der Waals surface area contributed by atoms with Crippen LogP contribution >= 0.6 is 0 Å². The van der Waals surface area contributed by atoms with E-state index in [-0.39, 0.29) is 11.3 Å². The second-order valence-corrected chi connectivity index (χ2v) is 5.82. The van der Waals surface area contributed by atoms with Gasteiger partial charge in [-0.25, -0.2) is 0 Å². The van der Waals surface area contributed by atoms with Gasteiger partial charge in [-0.2, -0.15) is 13.2 Å².